The first-order chi connectivity index (χ1) is 10.7. The fourth-order valence-corrected chi connectivity index (χ4v) is 2.89. The second kappa shape index (κ2) is 5.69. The van der Waals surface area contributed by atoms with Crippen molar-refractivity contribution in [2.75, 3.05) is 0 Å². The first kappa shape index (κ1) is 13.8. The minimum Gasteiger partial charge on any atom is -0.320 e. The highest BCUT2D eigenvalue weighted by Crippen LogP contribution is 2.28. The fourth-order valence-electron chi connectivity index (χ4n) is 2.19. The molecule has 0 atom stereocenters. The largest absolute Gasteiger partial charge is 0.320 e. The molecular weight excluding hydrogens is 294 g/mol. The number of nitrogens with zero attached hydrogens (tertiary/aromatic N) is 2. The Morgan fingerprint density at radius 3 is 2.41 bits per heavy atom. The second-order valence-corrected chi connectivity index (χ2v) is 5.53. The van der Waals surface area contributed by atoms with Crippen LogP contribution in [0.15, 0.2) is 52.6 Å². The SMILES string of the molecule is N#Cc1ccc(-c2cc(-c3cccs3)[nH]c(=O)c2C#N)cc1. The number of H-pyrrole nitrogens is 1. The molecule has 0 aliphatic carbocycles. The topological polar surface area (TPSA) is 80.4 Å². The van der Waals surface area contributed by atoms with Crippen LogP contribution in [0.5, 0.6) is 0 Å². The minimum absolute atomic E-state index is 0.0741. The Balaban J connectivity index is 2.23. The molecule has 0 spiro atoms. The molecule has 0 fully saturated rings. The predicted molar refractivity (Wildman–Crippen MR) is 85.2 cm³/mol. The number of pyridine rings is 1. The summed E-state index contributed by atoms with van der Waals surface area (Å²) in [6, 6.07) is 16.4. The first-order valence-corrected chi connectivity index (χ1v) is 7.32. The van der Waals surface area contributed by atoms with Crippen LogP contribution in [0.2, 0.25) is 0 Å². The average molecular weight is 303 g/mol. The summed E-state index contributed by atoms with van der Waals surface area (Å²) in [4.78, 5) is 15.8. The summed E-state index contributed by atoms with van der Waals surface area (Å²) < 4.78 is 0. The Bertz CT molecular complexity index is 955. The van der Waals surface area contributed by atoms with Crippen LogP contribution in [0, 0.1) is 22.7 Å². The Morgan fingerprint density at radius 1 is 1.05 bits per heavy atom. The number of nitriles is 2. The van der Waals surface area contributed by atoms with Gasteiger partial charge in [-0.1, -0.05) is 18.2 Å². The van der Waals surface area contributed by atoms with Crippen LogP contribution < -0.4 is 5.56 Å². The Morgan fingerprint density at radius 2 is 1.82 bits per heavy atom. The number of benzene rings is 1. The van der Waals surface area contributed by atoms with Crippen LogP contribution in [-0.2, 0) is 0 Å². The highest BCUT2D eigenvalue weighted by molar-refractivity contribution is 7.13. The summed E-state index contributed by atoms with van der Waals surface area (Å²) in [7, 11) is 0. The molecule has 4 nitrogen and oxygen atoms in total. The molecule has 0 saturated carbocycles. The third-order valence-electron chi connectivity index (χ3n) is 3.26. The van der Waals surface area contributed by atoms with Gasteiger partial charge in [0.25, 0.3) is 5.56 Å². The van der Waals surface area contributed by atoms with E-state index in [1.165, 1.54) is 11.3 Å². The zero-order valence-corrected chi connectivity index (χ0v) is 12.1. The third kappa shape index (κ3) is 2.42. The Labute approximate surface area is 130 Å². The van der Waals surface area contributed by atoms with Gasteiger partial charge in [-0.05, 0) is 35.2 Å². The number of aromatic nitrogens is 1. The summed E-state index contributed by atoms with van der Waals surface area (Å²) in [5, 5.41) is 20.0. The van der Waals surface area contributed by atoms with Crippen LogP contribution in [0.1, 0.15) is 11.1 Å². The van der Waals surface area contributed by atoms with Crippen LogP contribution in [0.4, 0.5) is 0 Å². The predicted octanol–water partition coefficient (Wildman–Crippen LogP) is 3.51. The van der Waals surface area contributed by atoms with E-state index in [1.54, 1.807) is 30.3 Å². The first-order valence-electron chi connectivity index (χ1n) is 6.45. The van der Waals surface area contributed by atoms with Gasteiger partial charge in [0.05, 0.1) is 22.2 Å². The van der Waals surface area contributed by atoms with Gasteiger partial charge in [-0.25, -0.2) is 0 Å². The lowest BCUT2D eigenvalue weighted by molar-refractivity contribution is 1.22. The monoisotopic (exact) mass is 303 g/mol. The van der Waals surface area contributed by atoms with Crippen molar-refractivity contribution in [3.63, 3.8) is 0 Å². The maximum atomic E-state index is 12.2. The molecule has 2 heterocycles. The summed E-state index contributed by atoms with van der Waals surface area (Å²) in [5.41, 5.74) is 2.18. The second-order valence-electron chi connectivity index (χ2n) is 4.58. The van der Waals surface area contributed by atoms with Crippen molar-refractivity contribution >= 4 is 11.3 Å². The molecule has 104 valence electrons. The Kier molecular flexibility index (Phi) is 3.57. The number of hydrogen-bond donors (Lipinski definition) is 1. The van der Waals surface area contributed by atoms with Gasteiger partial charge in [0.15, 0.2) is 0 Å². The lowest BCUT2D eigenvalue weighted by Crippen LogP contribution is -2.12. The molecule has 0 unspecified atom stereocenters. The number of hydrogen-bond acceptors (Lipinski definition) is 4. The zero-order chi connectivity index (χ0) is 15.5. The molecule has 0 saturated heterocycles. The standard InChI is InChI=1S/C17H9N3OS/c18-9-11-3-5-12(6-4-11)13-8-15(16-2-1-7-22-16)20-17(21)14(13)10-19/h1-8H,(H,20,21). The number of rotatable bonds is 2. The molecule has 1 N–H and O–H groups in total. The summed E-state index contributed by atoms with van der Waals surface area (Å²) >= 11 is 1.51. The van der Waals surface area contributed by atoms with E-state index in [-0.39, 0.29) is 5.56 Å². The molecule has 2 aromatic heterocycles. The third-order valence-corrected chi connectivity index (χ3v) is 4.16. The van der Waals surface area contributed by atoms with Gasteiger partial charge in [-0.2, -0.15) is 10.5 Å². The smallest absolute Gasteiger partial charge is 0.266 e. The van der Waals surface area contributed by atoms with Gasteiger partial charge in [0.1, 0.15) is 11.6 Å². The number of thiophene rings is 1. The van der Waals surface area contributed by atoms with Crippen molar-refractivity contribution < 1.29 is 0 Å². The van der Waals surface area contributed by atoms with E-state index in [0.717, 1.165) is 10.4 Å². The van der Waals surface area contributed by atoms with E-state index >= 15 is 0 Å². The van der Waals surface area contributed by atoms with Crippen LogP contribution in [0.25, 0.3) is 21.7 Å². The quantitative estimate of drug-likeness (QED) is 0.786. The van der Waals surface area contributed by atoms with E-state index < -0.39 is 5.56 Å². The highest BCUT2D eigenvalue weighted by Gasteiger charge is 2.12. The van der Waals surface area contributed by atoms with Gasteiger partial charge in [-0.15, -0.1) is 11.3 Å². The maximum absolute atomic E-state index is 12.2. The molecule has 3 rings (SSSR count). The van der Waals surface area contributed by atoms with Crippen molar-refractivity contribution in [1.82, 2.24) is 4.98 Å². The van der Waals surface area contributed by atoms with Crippen LogP contribution >= 0.6 is 11.3 Å². The van der Waals surface area contributed by atoms with E-state index in [9.17, 15) is 10.1 Å². The van der Waals surface area contributed by atoms with Crippen molar-refractivity contribution in [3.05, 3.63) is 69.3 Å². The van der Waals surface area contributed by atoms with E-state index in [1.807, 2.05) is 29.7 Å². The molecule has 22 heavy (non-hydrogen) atoms. The zero-order valence-electron chi connectivity index (χ0n) is 11.3. The molecule has 3 aromatic rings. The molecular formula is C17H9N3OS. The van der Waals surface area contributed by atoms with Gasteiger partial charge >= 0.3 is 0 Å². The fraction of sp³-hybridized carbons (Fsp3) is 0. The Hall–Kier alpha value is -3.15. The van der Waals surface area contributed by atoms with Crippen LogP contribution in [0.3, 0.4) is 0 Å². The summed E-state index contributed by atoms with van der Waals surface area (Å²) in [6.45, 7) is 0. The van der Waals surface area contributed by atoms with Crippen molar-refractivity contribution in [1.29, 1.82) is 10.5 Å². The molecule has 5 heteroatoms. The number of aromatic amines is 1. The van der Waals surface area contributed by atoms with Gasteiger partial charge in [0, 0.05) is 5.56 Å². The van der Waals surface area contributed by atoms with Crippen molar-refractivity contribution in [2.24, 2.45) is 0 Å². The number of nitrogens with one attached hydrogen (secondary N) is 1. The summed E-state index contributed by atoms with van der Waals surface area (Å²) in [6.07, 6.45) is 0. The van der Waals surface area contributed by atoms with Gasteiger partial charge in [-0.3, -0.25) is 4.79 Å². The van der Waals surface area contributed by atoms with Gasteiger partial charge < -0.3 is 4.98 Å². The normalized spacial score (nSPS) is 9.91. The molecule has 0 aliphatic heterocycles. The molecule has 0 amide bonds. The molecule has 0 bridgehead atoms. The van der Waals surface area contributed by atoms with Crippen LogP contribution in [-0.4, -0.2) is 4.98 Å². The highest BCUT2D eigenvalue weighted by atomic mass is 32.1. The molecule has 0 aliphatic rings. The van der Waals surface area contributed by atoms with Gasteiger partial charge in [0.2, 0.25) is 0 Å². The molecule has 0 radical (unpaired) electrons. The van der Waals surface area contributed by atoms with E-state index in [2.05, 4.69) is 4.98 Å². The average Bonchev–Trinajstić information content (AvgIpc) is 3.08. The van der Waals surface area contributed by atoms with Crippen molar-refractivity contribution in [2.45, 2.75) is 0 Å². The summed E-state index contributed by atoms with van der Waals surface area (Å²) in [5.74, 6) is 0. The van der Waals surface area contributed by atoms with E-state index in [0.29, 0.717) is 16.8 Å². The minimum atomic E-state index is -0.409. The van der Waals surface area contributed by atoms with Crippen molar-refractivity contribution in [3.8, 4) is 33.8 Å². The lowest BCUT2D eigenvalue weighted by atomic mass is 9.99. The van der Waals surface area contributed by atoms with E-state index in [4.69, 9.17) is 5.26 Å². The maximum Gasteiger partial charge on any atom is 0.266 e. The molecule has 1 aromatic carbocycles. The lowest BCUT2D eigenvalue weighted by Gasteiger charge is -2.07.